The van der Waals surface area contributed by atoms with E-state index in [9.17, 15) is 4.79 Å². The number of carbonyl (C=O) groups excluding carboxylic acids is 1. The number of rotatable bonds is 8. The van der Waals surface area contributed by atoms with Gasteiger partial charge in [0, 0.05) is 18.1 Å². The molecule has 0 radical (unpaired) electrons. The fourth-order valence-corrected chi connectivity index (χ4v) is 3.05. The van der Waals surface area contributed by atoms with Gasteiger partial charge in [0.1, 0.15) is 11.5 Å². The summed E-state index contributed by atoms with van der Waals surface area (Å²) in [6.45, 7) is 5.51. The van der Waals surface area contributed by atoms with E-state index in [0.29, 0.717) is 36.3 Å². The zero-order chi connectivity index (χ0) is 19.8. The molecule has 0 aromatic heterocycles. The lowest BCUT2D eigenvalue weighted by Gasteiger charge is -2.30. The maximum absolute atomic E-state index is 12.4. The van der Waals surface area contributed by atoms with E-state index in [0.717, 1.165) is 30.9 Å². The van der Waals surface area contributed by atoms with Crippen molar-refractivity contribution in [2.75, 3.05) is 49.7 Å². The number of hydrogen-bond acceptors (Lipinski definition) is 5. The summed E-state index contributed by atoms with van der Waals surface area (Å²) in [6.07, 6.45) is 0.953. The van der Waals surface area contributed by atoms with Crippen molar-refractivity contribution in [1.29, 1.82) is 0 Å². The molecule has 28 heavy (non-hydrogen) atoms. The Morgan fingerprint density at radius 3 is 2.46 bits per heavy atom. The molecular weight excluding hydrogens is 380 g/mol. The van der Waals surface area contributed by atoms with E-state index in [-0.39, 0.29) is 12.5 Å². The van der Waals surface area contributed by atoms with Crippen LogP contribution < -0.4 is 19.7 Å². The van der Waals surface area contributed by atoms with E-state index < -0.39 is 0 Å². The Morgan fingerprint density at radius 2 is 1.79 bits per heavy atom. The predicted molar refractivity (Wildman–Crippen MR) is 111 cm³/mol. The maximum atomic E-state index is 12.4. The average molecular weight is 405 g/mol. The molecule has 150 valence electrons. The minimum absolute atomic E-state index is 0.0930. The second-order valence-electron chi connectivity index (χ2n) is 6.42. The Labute approximate surface area is 170 Å². The highest BCUT2D eigenvalue weighted by atomic mass is 35.5. The van der Waals surface area contributed by atoms with E-state index in [1.807, 2.05) is 24.3 Å². The third-order valence-corrected chi connectivity index (χ3v) is 4.49. The van der Waals surface area contributed by atoms with Crippen LogP contribution in [0.1, 0.15) is 13.3 Å². The number of nitrogens with zero attached hydrogens (tertiary/aromatic N) is 1. The fourth-order valence-electron chi connectivity index (χ4n) is 2.88. The number of benzene rings is 2. The molecular formula is C21H25ClN2O4. The second-order valence-corrected chi connectivity index (χ2v) is 6.85. The zero-order valence-corrected chi connectivity index (χ0v) is 16.7. The first-order valence-electron chi connectivity index (χ1n) is 9.43. The molecule has 1 aliphatic rings. The number of nitrogens with one attached hydrogen (secondary N) is 1. The summed E-state index contributed by atoms with van der Waals surface area (Å²) in [5.74, 6) is 1.15. The van der Waals surface area contributed by atoms with E-state index in [1.165, 1.54) is 0 Å². The minimum atomic E-state index is -0.247. The molecule has 2 aromatic rings. The lowest BCUT2D eigenvalue weighted by molar-refractivity contribution is -0.118. The third kappa shape index (κ3) is 5.78. The van der Waals surface area contributed by atoms with Crippen LogP contribution in [-0.2, 0) is 9.53 Å². The Bertz CT molecular complexity index is 776. The molecule has 0 spiro atoms. The normalized spacial score (nSPS) is 13.9. The minimum Gasteiger partial charge on any atom is -0.494 e. The van der Waals surface area contributed by atoms with Crippen molar-refractivity contribution in [3.63, 3.8) is 0 Å². The highest BCUT2D eigenvalue weighted by Crippen LogP contribution is 2.30. The summed E-state index contributed by atoms with van der Waals surface area (Å²) >= 11 is 6.13. The van der Waals surface area contributed by atoms with E-state index in [1.54, 1.807) is 18.2 Å². The Kier molecular flexibility index (Phi) is 7.39. The van der Waals surface area contributed by atoms with Crippen molar-refractivity contribution in [1.82, 2.24) is 0 Å². The number of amides is 1. The molecule has 1 fully saturated rings. The Morgan fingerprint density at radius 1 is 1.11 bits per heavy atom. The molecule has 3 rings (SSSR count). The molecule has 7 heteroatoms. The molecule has 1 amide bonds. The number of anilines is 2. The van der Waals surface area contributed by atoms with Crippen LogP contribution in [0, 0.1) is 0 Å². The average Bonchev–Trinajstić information content (AvgIpc) is 2.72. The quantitative estimate of drug-likeness (QED) is 0.721. The van der Waals surface area contributed by atoms with Gasteiger partial charge in [0.2, 0.25) is 0 Å². The lowest BCUT2D eigenvalue weighted by atomic mass is 10.2. The molecule has 2 aromatic carbocycles. The molecule has 0 saturated carbocycles. The monoisotopic (exact) mass is 404 g/mol. The number of ether oxygens (including phenoxy) is 3. The van der Waals surface area contributed by atoms with Crippen molar-refractivity contribution >= 4 is 28.9 Å². The van der Waals surface area contributed by atoms with Crippen molar-refractivity contribution in [3.05, 3.63) is 47.5 Å². The van der Waals surface area contributed by atoms with Gasteiger partial charge in [-0.3, -0.25) is 4.79 Å². The zero-order valence-electron chi connectivity index (χ0n) is 15.9. The number of halogens is 1. The number of carbonyl (C=O) groups is 1. The first kappa shape index (κ1) is 20.3. The molecule has 6 nitrogen and oxygen atoms in total. The highest BCUT2D eigenvalue weighted by Gasteiger charge is 2.16. The van der Waals surface area contributed by atoms with Crippen LogP contribution in [0.15, 0.2) is 42.5 Å². The largest absolute Gasteiger partial charge is 0.494 e. The Balaban J connectivity index is 1.58. The number of hydrogen-bond donors (Lipinski definition) is 1. The number of morpholine rings is 1. The summed E-state index contributed by atoms with van der Waals surface area (Å²) in [4.78, 5) is 14.6. The molecule has 0 atom stereocenters. The first-order chi connectivity index (χ1) is 13.7. The summed E-state index contributed by atoms with van der Waals surface area (Å²) in [7, 11) is 0. The van der Waals surface area contributed by atoms with Crippen LogP contribution in [0.5, 0.6) is 11.5 Å². The van der Waals surface area contributed by atoms with Gasteiger partial charge in [-0.1, -0.05) is 18.5 Å². The van der Waals surface area contributed by atoms with Crippen molar-refractivity contribution < 1.29 is 19.0 Å². The lowest BCUT2D eigenvalue weighted by Crippen LogP contribution is -2.37. The summed E-state index contributed by atoms with van der Waals surface area (Å²) in [5.41, 5.74) is 1.60. The van der Waals surface area contributed by atoms with Crippen LogP contribution >= 0.6 is 11.6 Å². The van der Waals surface area contributed by atoms with Crippen molar-refractivity contribution in [2.24, 2.45) is 0 Å². The van der Waals surface area contributed by atoms with E-state index >= 15 is 0 Å². The van der Waals surface area contributed by atoms with E-state index in [2.05, 4.69) is 17.1 Å². The van der Waals surface area contributed by atoms with Gasteiger partial charge in [-0.15, -0.1) is 0 Å². The smallest absolute Gasteiger partial charge is 0.262 e. The first-order valence-corrected chi connectivity index (χ1v) is 9.81. The Hall–Kier alpha value is -2.44. The van der Waals surface area contributed by atoms with Crippen LogP contribution in [0.3, 0.4) is 0 Å². The van der Waals surface area contributed by atoms with Crippen molar-refractivity contribution in [2.45, 2.75) is 13.3 Å². The van der Waals surface area contributed by atoms with Gasteiger partial charge in [-0.2, -0.15) is 0 Å². The molecule has 0 bridgehead atoms. The molecule has 0 unspecified atom stereocenters. The van der Waals surface area contributed by atoms with Gasteiger partial charge in [-0.05, 0) is 48.9 Å². The SMILES string of the molecule is CCCOc1ccc(OCC(=O)Nc2cc(Cl)ccc2N2CCOCC2)cc1. The van der Waals surface area contributed by atoms with Gasteiger partial charge in [0.15, 0.2) is 6.61 Å². The summed E-state index contributed by atoms with van der Waals surface area (Å²) in [6, 6.07) is 12.7. The van der Waals surface area contributed by atoms with Crippen LogP contribution in [0.25, 0.3) is 0 Å². The molecule has 1 heterocycles. The van der Waals surface area contributed by atoms with Crippen LogP contribution in [0.2, 0.25) is 5.02 Å². The van der Waals surface area contributed by atoms with Crippen LogP contribution in [0.4, 0.5) is 11.4 Å². The third-order valence-electron chi connectivity index (χ3n) is 4.25. The summed E-state index contributed by atoms with van der Waals surface area (Å²) < 4.78 is 16.5. The van der Waals surface area contributed by atoms with Gasteiger partial charge < -0.3 is 24.4 Å². The van der Waals surface area contributed by atoms with E-state index in [4.69, 9.17) is 25.8 Å². The van der Waals surface area contributed by atoms with Gasteiger partial charge in [0.05, 0.1) is 31.2 Å². The molecule has 1 aliphatic heterocycles. The van der Waals surface area contributed by atoms with Gasteiger partial charge in [-0.25, -0.2) is 0 Å². The fraction of sp³-hybridized carbons (Fsp3) is 0.381. The highest BCUT2D eigenvalue weighted by molar-refractivity contribution is 6.31. The predicted octanol–water partition coefficient (Wildman–Crippen LogP) is 3.98. The topological polar surface area (TPSA) is 60.0 Å². The van der Waals surface area contributed by atoms with Crippen LogP contribution in [-0.4, -0.2) is 45.4 Å². The standard InChI is InChI=1S/C21H25ClN2O4/c1-2-11-27-17-4-6-18(7-5-17)28-15-21(25)23-19-14-16(22)3-8-20(19)24-9-12-26-13-10-24/h3-8,14H,2,9-13,15H2,1H3,(H,23,25). The molecule has 0 aliphatic carbocycles. The van der Waals surface area contributed by atoms with Gasteiger partial charge >= 0.3 is 0 Å². The second kappa shape index (κ2) is 10.2. The molecule has 1 N–H and O–H groups in total. The maximum Gasteiger partial charge on any atom is 0.262 e. The molecule has 1 saturated heterocycles. The summed E-state index contributed by atoms with van der Waals surface area (Å²) in [5, 5.41) is 3.47. The van der Waals surface area contributed by atoms with Gasteiger partial charge in [0.25, 0.3) is 5.91 Å². The van der Waals surface area contributed by atoms with Crippen molar-refractivity contribution in [3.8, 4) is 11.5 Å².